The van der Waals surface area contributed by atoms with Gasteiger partial charge in [0.1, 0.15) is 5.75 Å². The number of hydrogen-bond donors (Lipinski definition) is 0. The molecule has 0 spiro atoms. The maximum absolute atomic E-state index is 13.6. The first-order valence-electron chi connectivity index (χ1n) is 13.2. The fourth-order valence-corrected chi connectivity index (χ4v) is 5.04. The van der Waals surface area contributed by atoms with Crippen LogP contribution < -0.4 is 20.9 Å². The van der Waals surface area contributed by atoms with E-state index in [1.54, 1.807) is 7.05 Å². The van der Waals surface area contributed by atoms with Crippen molar-refractivity contribution in [3.05, 3.63) is 45.1 Å². The molecule has 0 amide bonds. The molecule has 0 saturated carbocycles. The lowest BCUT2D eigenvalue weighted by molar-refractivity contribution is 0.340. The molecule has 3 heterocycles. The zero-order valence-corrected chi connectivity index (χ0v) is 21.6. The van der Waals surface area contributed by atoms with Crippen LogP contribution in [0.15, 0.2) is 33.9 Å². The molecule has 4 rings (SSSR count). The van der Waals surface area contributed by atoms with Crippen molar-refractivity contribution in [3.8, 4) is 5.75 Å². The van der Waals surface area contributed by atoms with E-state index in [0.29, 0.717) is 42.7 Å². The van der Waals surface area contributed by atoms with Crippen LogP contribution in [0.2, 0.25) is 0 Å². The van der Waals surface area contributed by atoms with E-state index >= 15 is 0 Å². The van der Waals surface area contributed by atoms with Gasteiger partial charge in [-0.05, 0) is 43.5 Å². The number of benzene rings is 1. The van der Waals surface area contributed by atoms with E-state index in [4.69, 9.17) is 9.72 Å². The van der Waals surface area contributed by atoms with Crippen LogP contribution in [-0.2, 0) is 20.1 Å². The van der Waals surface area contributed by atoms with E-state index in [1.165, 1.54) is 34.8 Å². The average molecular weight is 482 g/mol. The Morgan fingerprint density at radius 2 is 1.66 bits per heavy atom. The lowest BCUT2D eigenvalue weighted by Crippen LogP contribution is -2.40. The number of nitrogens with zero attached hydrogens (tertiary/aromatic N) is 5. The normalized spacial score (nSPS) is 15.5. The lowest BCUT2D eigenvalue weighted by Gasteiger charge is -2.33. The molecule has 0 unspecified atom stereocenters. The van der Waals surface area contributed by atoms with Crippen molar-refractivity contribution < 1.29 is 4.74 Å². The first-order valence-corrected chi connectivity index (χ1v) is 13.2. The van der Waals surface area contributed by atoms with Crippen LogP contribution in [0.5, 0.6) is 5.75 Å². The SMILES string of the molecule is CCCCCCCCCn1c(=O)c2c(nc3n2C[C@H](C)CN3c2ccc(OCC)cc2)n(C)c1=O. The van der Waals surface area contributed by atoms with Crippen molar-refractivity contribution in [2.75, 3.05) is 18.1 Å². The maximum atomic E-state index is 13.6. The first-order chi connectivity index (χ1) is 17.0. The summed E-state index contributed by atoms with van der Waals surface area (Å²) in [5.41, 5.74) is 1.45. The van der Waals surface area contributed by atoms with Crippen LogP contribution in [0, 0.1) is 5.92 Å². The molecule has 3 aromatic rings. The van der Waals surface area contributed by atoms with Crippen molar-refractivity contribution >= 4 is 22.8 Å². The minimum absolute atomic E-state index is 0.228. The van der Waals surface area contributed by atoms with Crippen LogP contribution in [0.1, 0.15) is 65.7 Å². The highest BCUT2D eigenvalue weighted by Gasteiger charge is 2.29. The monoisotopic (exact) mass is 481 g/mol. The standard InChI is InChI=1S/C27H39N5O3/c1-5-7-8-9-10-11-12-17-30-25(33)23-24(29(4)27(30)34)28-26-31(18-20(3)19-32(23)26)21-13-15-22(16-14-21)35-6-2/h13-16,20H,5-12,17-19H2,1-4H3/t20-/m1/s1. The van der Waals surface area contributed by atoms with Crippen LogP contribution in [0.3, 0.4) is 0 Å². The van der Waals surface area contributed by atoms with Crippen LogP contribution >= 0.6 is 0 Å². The Balaban J connectivity index is 1.65. The average Bonchev–Trinajstić information content (AvgIpc) is 3.24. The number of ether oxygens (including phenoxy) is 1. The van der Waals surface area contributed by atoms with Gasteiger partial charge in [0.2, 0.25) is 5.95 Å². The van der Waals surface area contributed by atoms with Crippen molar-refractivity contribution in [2.24, 2.45) is 13.0 Å². The van der Waals surface area contributed by atoms with E-state index in [0.717, 1.165) is 37.2 Å². The third-order valence-corrected chi connectivity index (χ3v) is 6.89. The molecule has 1 atom stereocenters. The van der Waals surface area contributed by atoms with Gasteiger partial charge in [-0.15, -0.1) is 0 Å². The van der Waals surface area contributed by atoms with Gasteiger partial charge in [-0.25, -0.2) is 4.79 Å². The largest absolute Gasteiger partial charge is 0.494 e. The Bertz CT molecular complexity index is 1260. The number of aryl methyl sites for hydroxylation is 1. The fourth-order valence-electron chi connectivity index (χ4n) is 5.04. The summed E-state index contributed by atoms with van der Waals surface area (Å²) in [7, 11) is 1.72. The van der Waals surface area contributed by atoms with E-state index in [9.17, 15) is 9.59 Å². The molecule has 0 radical (unpaired) electrons. The Kier molecular flexibility index (Phi) is 7.98. The quantitative estimate of drug-likeness (QED) is 0.367. The summed E-state index contributed by atoms with van der Waals surface area (Å²) in [6.07, 6.45) is 8.00. The highest BCUT2D eigenvalue weighted by atomic mass is 16.5. The second-order valence-corrected chi connectivity index (χ2v) is 9.76. The van der Waals surface area contributed by atoms with Gasteiger partial charge in [0.15, 0.2) is 11.2 Å². The lowest BCUT2D eigenvalue weighted by atomic mass is 10.1. The summed E-state index contributed by atoms with van der Waals surface area (Å²) in [5, 5.41) is 0. The van der Waals surface area contributed by atoms with Crippen LogP contribution in [0.4, 0.5) is 11.6 Å². The van der Waals surface area contributed by atoms with Crippen molar-refractivity contribution in [1.29, 1.82) is 0 Å². The highest BCUT2D eigenvalue weighted by Crippen LogP contribution is 2.33. The topological polar surface area (TPSA) is 74.3 Å². The molecule has 0 aliphatic carbocycles. The van der Waals surface area contributed by atoms with Gasteiger partial charge in [-0.2, -0.15) is 4.98 Å². The molecule has 8 nitrogen and oxygen atoms in total. The summed E-state index contributed by atoms with van der Waals surface area (Å²) >= 11 is 0. The molecular formula is C27H39N5O3. The predicted molar refractivity (Wildman–Crippen MR) is 141 cm³/mol. The molecule has 0 saturated heterocycles. The summed E-state index contributed by atoms with van der Waals surface area (Å²) < 4.78 is 10.5. The van der Waals surface area contributed by atoms with Crippen molar-refractivity contribution in [1.82, 2.24) is 18.7 Å². The van der Waals surface area contributed by atoms with Gasteiger partial charge in [-0.3, -0.25) is 13.9 Å². The zero-order chi connectivity index (χ0) is 24.9. The number of rotatable bonds is 11. The van der Waals surface area contributed by atoms with Crippen molar-refractivity contribution in [2.45, 2.75) is 78.8 Å². The minimum Gasteiger partial charge on any atom is -0.494 e. The van der Waals surface area contributed by atoms with Crippen LogP contribution in [-0.4, -0.2) is 31.8 Å². The molecule has 2 aromatic heterocycles. The second kappa shape index (κ2) is 11.1. The van der Waals surface area contributed by atoms with Crippen LogP contribution in [0.25, 0.3) is 11.2 Å². The molecule has 190 valence electrons. The third kappa shape index (κ3) is 5.16. The Morgan fingerprint density at radius 1 is 0.971 bits per heavy atom. The fraction of sp³-hybridized carbons (Fsp3) is 0.593. The molecular weight excluding hydrogens is 442 g/mol. The van der Waals surface area contributed by atoms with Gasteiger partial charge in [0.25, 0.3) is 5.56 Å². The Hall–Kier alpha value is -3.03. The summed E-state index contributed by atoms with van der Waals surface area (Å²) in [5.74, 6) is 1.85. The summed E-state index contributed by atoms with van der Waals surface area (Å²) in [6.45, 7) is 8.92. The van der Waals surface area contributed by atoms with Gasteiger partial charge in [0.05, 0.1) is 6.61 Å². The number of aromatic nitrogens is 4. The molecule has 1 aromatic carbocycles. The molecule has 1 aliphatic heterocycles. The first kappa shape index (κ1) is 25.1. The highest BCUT2D eigenvalue weighted by molar-refractivity contribution is 5.77. The molecule has 1 aliphatic rings. The third-order valence-electron chi connectivity index (χ3n) is 6.89. The second-order valence-electron chi connectivity index (χ2n) is 9.76. The number of anilines is 2. The number of unbranched alkanes of at least 4 members (excludes halogenated alkanes) is 6. The predicted octanol–water partition coefficient (Wildman–Crippen LogP) is 4.83. The minimum atomic E-state index is -0.287. The van der Waals surface area contributed by atoms with E-state index in [1.807, 2.05) is 35.8 Å². The summed E-state index contributed by atoms with van der Waals surface area (Å²) in [4.78, 5) is 33.6. The van der Waals surface area contributed by atoms with E-state index in [2.05, 4.69) is 18.7 Å². The van der Waals surface area contributed by atoms with Gasteiger partial charge < -0.3 is 14.2 Å². The van der Waals surface area contributed by atoms with Gasteiger partial charge in [-0.1, -0.05) is 52.4 Å². The van der Waals surface area contributed by atoms with E-state index < -0.39 is 0 Å². The Labute approximate surface area is 207 Å². The number of fused-ring (bicyclic) bond motifs is 3. The molecule has 0 bridgehead atoms. The summed E-state index contributed by atoms with van der Waals surface area (Å²) in [6, 6.07) is 7.95. The molecule has 0 fully saturated rings. The number of imidazole rings is 1. The molecule has 0 N–H and O–H groups in total. The molecule has 35 heavy (non-hydrogen) atoms. The van der Waals surface area contributed by atoms with E-state index in [-0.39, 0.29) is 11.2 Å². The van der Waals surface area contributed by atoms with Gasteiger partial charge >= 0.3 is 5.69 Å². The maximum Gasteiger partial charge on any atom is 0.332 e. The zero-order valence-electron chi connectivity index (χ0n) is 21.6. The smallest absolute Gasteiger partial charge is 0.332 e. The number of hydrogen-bond acceptors (Lipinski definition) is 5. The molecule has 8 heteroatoms. The van der Waals surface area contributed by atoms with Gasteiger partial charge in [0, 0.05) is 32.4 Å². The Morgan fingerprint density at radius 3 is 2.34 bits per heavy atom. The van der Waals surface area contributed by atoms with Crippen molar-refractivity contribution in [3.63, 3.8) is 0 Å².